The summed E-state index contributed by atoms with van der Waals surface area (Å²) in [7, 11) is 0. The first kappa shape index (κ1) is 12.8. The van der Waals surface area contributed by atoms with Gasteiger partial charge in [-0.1, -0.05) is 11.6 Å². The highest BCUT2D eigenvalue weighted by Crippen LogP contribution is 2.23. The Morgan fingerprint density at radius 1 is 1.60 bits per heavy atom. The van der Waals surface area contributed by atoms with Crippen LogP contribution in [0.15, 0.2) is 22.7 Å². The molecule has 1 N–H and O–H groups in total. The molecule has 0 aliphatic rings. The molecule has 0 radical (unpaired) electrons. The van der Waals surface area contributed by atoms with Gasteiger partial charge < -0.3 is 5.32 Å². The SMILES string of the molecule is CC(CCl)NC(=O)c1ccc(Br)c(Cl)c1. The van der Waals surface area contributed by atoms with Crippen molar-refractivity contribution in [1.29, 1.82) is 0 Å². The third-order valence-corrected chi connectivity index (χ3v) is 3.49. The van der Waals surface area contributed by atoms with E-state index in [1.54, 1.807) is 18.2 Å². The lowest BCUT2D eigenvalue weighted by Gasteiger charge is -2.10. The van der Waals surface area contributed by atoms with E-state index in [0.717, 1.165) is 4.47 Å². The molecule has 0 fully saturated rings. The highest BCUT2D eigenvalue weighted by Gasteiger charge is 2.10. The number of amides is 1. The lowest BCUT2D eigenvalue weighted by Crippen LogP contribution is -2.33. The van der Waals surface area contributed by atoms with Crippen LogP contribution < -0.4 is 5.32 Å². The van der Waals surface area contributed by atoms with E-state index in [-0.39, 0.29) is 11.9 Å². The zero-order valence-corrected chi connectivity index (χ0v) is 11.2. The average Bonchev–Trinajstić information content (AvgIpc) is 2.21. The maximum absolute atomic E-state index is 11.6. The van der Waals surface area contributed by atoms with Crippen LogP contribution in [-0.4, -0.2) is 17.8 Å². The van der Waals surface area contributed by atoms with E-state index in [9.17, 15) is 4.79 Å². The van der Waals surface area contributed by atoms with E-state index >= 15 is 0 Å². The predicted octanol–water partition coefficient (Wildman–Crippen LogP) is 3.46. The fraction of sp³-hybridized carbons (Fsp3) is 0.300. The van der Waals surface area contributed by atoms with Gasteiger partial charge in [0, 0.05) is 22.0 Å². The summed E-state index contributed by atoms with van der Waals surface area (Å²) in [5.74, 6) is 0.216. The lowest BCUT2D eigenvalue weighted by atomic mass is 10.2. The second kappa shape index (κ2) is 5.73. The average molecular weight is 311 g/mol. The molecule has 1 atom stereocenters. The van der Waals surface area contributed by atoms with E-state index in [1.807, 2.05) is 6.92 Å². The van der Waals surface area contributed by atoms with Gasteiger partial charge in [0.15, 0.2) is 0 Å². The van der Waals surface area contributed by atoms with E-state index in [4.69, 9.17) is 23.2 Å². The normalized spacial score (nSPS) is 12.3. The first-order valence-corrected chi connectivity index (χ1v) is 6.07. The molecular weight excluding hydrogens is 301 g/mol. The first-order valence-electron chi connectivity index (χ1n) is 4.36. The number of benzene rings is 1. The Bertz CT molecular complexity index is 370. The van der Waals surface area contributed by atoms with Crippen molar-refractivity contribution < 1.29 is 4.79 Å². The number of alkyl halides is 1. The Balaban J connectivity index is 2.78. The van der Waals surface area contributed by atoms with E-state index < -0.39 is 0 Å². The van der Waals surface area contributed by atoms with Crippen LogP contribution in [0.25, 0.3) is 0 Å². The third-order valence-electron chi connectivity index (χ3n) is 1.79. The number of hydrogen-bond acceptors (Lipinski definition) is 1. The summed E-state index contributed by atoms with van der Waals surface area (Å²) in [5.41, 5.74) is 0.528. The minimum absolute atomic E-state index is 0.0541. The van der Waals surface area contributed by atoms with E-state index in [1.165, 1.54) is 0 Å². The molecule has 0 saturated heterocycles. The second-order valence-corrected chi connectivity index (χ2v) is 4.73. The van der Waals surface area contributed by atoms with Crippen molar-refractivity contribution in [2.75, 3.05) is 5.88 Å². The fourth-order valence-electron chi connectivity index (χ4n) is 0.983. The molecule has 5 heteroatoms. The lowest BCUT2D eigenvalue weighted by molar-refractivity contribution is 0.0943. The maximum Gasteiger partial charge on any atom is 0.251 e. The monoisotopic (exact) mass is 309 g/mol. The van der Waals surface area contributed by atoms with Gasteiger partial charge in [-0.2, -0.15) is 0 Å². The summed E-state index contributed by atoms with van der Waals surface area (Å²) < 4.78 is 0.770. The highest BCUT2D eigenvalue weighted by atomic mass is 79.9. The van der Waals surface area contributed by atoms with Crippen LogP contribution in [0.3, 0.4) is 0 Å². The van der Waals surface area contributed by atoms with Crippen molar-refractivity contribution in [3.05, 3.63) is 33.3 Å². The Kier molecular flexibility index (Phi) is 4.90. The summed E-state index contributed by atoms with van der Waals surface area (Å²) in [4.78, 5) is 11.6. The van der Waals surface area contributed by atoms with Gasteiger partial charge in [-0.05, 0) is 41.1 Å². The van der Waals surface area contributed by atoms with Crippen molar-refractivity contribution in [2.24, 2.45) is 0 Å². The van der Waals surface area contributed by atoms with Gasteiger partial charge in [0.2, 0.25) is 0 Å². The van der Waals surface area contributed by atoms with Crippen LogP contribution in [0.5, 0.6) is 0 Å². The minimum Gasteiger partial charge on any atom is -0.348 e. The van der Waals surface area contributed by atoms with Gasteiger partial charge in [0.25, 0.3) is 5.91 Å². The smallest absolute Gasteiger partial charge is 0.251 e. The molecule has 0 spiro atoms. The van der Waals surface area contributed by atoms with Crippen molar-refractivity contribution in [3.8, 4) is 0 Å². The molecule has 0 aliphatic carbocycles. The van der Waals surface area contributed by atoms with Crippen LogP contribution in [0.4, 0.5) is 0 Å². The van der Waals surface area contributed by atoms with E-state index in [2.05, 4.69) is 21.2 Å². The predicted molar refractivity (Wildman–Crippen MR) is 66.8 cm³/mol. The van der Waals surface area contributed by atoms with Crippen LogP contribution in [-0.2, 0) is 0 Å². The molecule has 15 heavy (non-hydrogen) atoms. The molecule has 1 aromatic rings. The second-order valence-electron chi connectivity index (χ2n) is 3.16. The topological polar surface area (TPSA) is 29.1 Å². The van der Waals surface area contributed by atoms with Gasteiger partial charge in [-0.15, -0.1) is 11.6 Å². The molecule has 0 aromatic heterocycles. The van der Waals surface area contributed by atoms with Gasteiger partial charge in [0.1, 0.15) is 0 Å². The Hall–Kier alpha value is -0.250. The van der Waals surface area contributed by atoms with E-state index in [0.29, 0.717) is 16.5 Å². The Labute approximate surface area is 107 Å². The van der Waals surface area contributed by atoms with Crippen LogP contribution in [0.1, 0.15) is 17.3 Å². The first-order chi connectivity index (χ1) is 7.04. The molecular formula is C10H10BrCl2NO. The summed E-state index contributed by atoms with van der Waals surface area (Å²) in [6.45, 7) is 1.84. The summed E-state index contributed by atoms with van der Waals surface area (Å²) >= 11 is 14.7. The number of carbonyl (C=O) groups excluding carboxylic acids is 1. The number of halogens is 3. The highest BCUT2D eigenvalue weighted by molar-refractivity contribution is 9.10. The summed E-state index contributed by atoms with van der Waals surface area (Å²) in [6, 6.07) is 5.00. The minimum atomic E-state index is -0.169. The van der Waals surface area contributed by atoms with Crippen LogP contribution >= 0.6 is 39.1 Å². The zero-order chi connectivity index (χ0) is 11.4. The molecule has 2 nitrogen and oxygen atoms in total. The number of nitrogens with one attached hydrogen (secondary N) is 1. The molecule has 1 aromatic carbocycles. The molecule has 0 saturated carbocycles. The number of hydrogen-bond donors (Lipinski definition) is 1. The van der Waals surface area contributed by atoms with Gasteiger partial charge in [-0.25, -0.2) is 0 Å². The number of rotatable bonds is 3. The van der Waals surface area contributed by atoms with Gasteiger partial charge in [-0.3, -0.25) is 4.79 Å². The molecule has 0 heterocycles. The van der Waals surface area contributed by atoms with Gasteiger partial charge in [0.05, 0.1) is 5.02 Å². The Morgan fingerprint density at radius 2 is 2.27 bits per heavy atom. The largest absolute Gasteiger partial charge is 0.348 e. The maximum atomic E-state index is 11.6. The standard InChI is InChI=1S/C10H10BrCl2NO/c1-6(5-12)14-10(15)7-2-3-8(11)9(13)4-7/h2-4,6H,5H2,1H3,(H,14,15). The molecule has 0 bridgehead atoms. The van der Waals surface area contributed by atoms with Crippen molar-refractivity contribution in [3.63, 3.8) is 0 Å². The van der Waals surface area contributed by atoms with Crippen molar-refractivity contribution in [2.45, 2.75) is 13.0 Å². The molecule has 0 aliphatic heterocycles. The quantitative estimate of drug-likeness (QED) is 0.851. The zero-order valence-electron chi connectivity index (χ0n) is 8.06. The molecule has 1 unspecified atom stereocenters. The molecule has 1 amide bonds. The Morgan fingerprint density at radius 3 is 2.80 bits per heavy atom. The number of carbonyl (C=O) groups is 1. The van der Waals surface area contributed by atoms with Crippen LogP contribution in [0, 0.1) is 0 Å². The van der Waals surface area contributed by atoms with Crippen molar-refractivity contribution in [1.82, 2.24) is 5.32 Å². The van der Waals surface area contributed by atoms with Crippen LogP contribution in [0.2, 0.25) is 5.02 Å². The molecule has 82 valence electrons. The fourth-order valence-corrected chi connectivity index (χ4v) is 1.49. The van der Waals surface area contributed by atoms with Gasteiger partial charge >= 0.3 is 0 Å². The molecule has 1 rings (SSSR count). The van der Waals surface area contributed by atoms with Crippen molar-refractivity contribution >= 4 is 45.0 Å². The summed E-state index contributed by atoms with van der Waals surface area (Å²) in [6.07, 6.45) is 0. The summed E-state index contributed by atoms with van der Waals surface area (Å²) in [5, 5.41) is 3.26. The third kappa shape index (κ3) is 3.67.